The number of pyridine rings is 1. The fraction of sp³-hybridized carbons (Fsp3) is 0.300. The van der Waals surface area contributed by atoms with Crippen LogP contribution in [0.25, 0.3) is 22.2 Å². The van der Waals surface area contributed by atoms with E-state index in [9.17, 15) is 9.59 Å². The number of carbonyl (C=O) groups is 2. The zero-order valence-corrected chi connectivity index (χ0v) is 21.9. The molecule has 4 aromatic rings. The maximum absolute atomic E-state index is 13.3. The summed E-state index contributed by atoms with van der Waals surface area (Å²) in [5, 5.41) is 4.01. The fourth-order valence-corrected chi connectivity index (χ4v) is 5.23. The Morgan fingerprint density at radius 2 is 2.05 bits per heavy atom. The number of methoxy groups -OCH3 is 1. The molecule has 0 unspecified atom stereocenters. The molecule has 2 aromatic carbocycles. The molecular weight excluding hydrogens is 496 g/mol. The lowest BCUT2D eigenvalue weighted by Crippen LogP contribution is -2.44. The van der Waals surface area contributed by atoms with E-state index in [0.717, 1.165) is 27.6 Å². The predicted molar refractivity (Wildman–Crippen MR) is 150 cm³/mol. The van der Waals surface area contributed by atoms with Crippen molar-refractivity contribution in [2.45, 2.75) is 38.5 Å². The number of aromatic nitrogens is 2. The number of ether oxygens (including phenoxy) is 3. The predicted octanol–water partition coefficient (Wildman–Crippen LogP) is 5.33. The molecular formula is C30H34N4O5. The molecule has 0 radical (unpaired) electrons. The number of nitrogens with one attached hydrogen (secondary N) is 2. The van der Waals surface area contributed by atoms with Crippen LogP contribution in [-0.2, 0) is 11.3 Å². The zero-order chi connectivity index (χ0) is 26.9. The lowest BCUT2D eigenvalue weighted by atomic mass is 10.0. The van der Waals surface area contributed by atoms with Gasteiger partial charge in [-0.1, -0.05) is 35.9 Å². The Balaban J connectivity index is 0.00000194. The molecule has 0 spiro atoms. The van der Waals surface area contributed by atoms with Crippen LogP contribution in [0, 0.1) is 6.92 Å². The van der Waals surface area contributed by atoms with E-state index in [4.69, 9.17) is 19.2 Å². The van der Waals surface area contributed by atoms with Crippen LogP contribution in [0.4, 0.5) is 4.79 Å². The molecule has 2 fully saturated rings. The Morgan fingerprint density at radius 3 is 2.87 bits per heavy atom. The van der Waals surface area contributed by atoms with Gasteiger partial charge in [0.15, 0.2) is 0 Å². The molecule has 4 heterocycles. The van der Waals surface area contributed by atoms with Crippen molar-refractivity contribution in [2.24, 2.45) is 0 Å². The minimum atomic E-state index is -0.304. The molecule has 2 aliphatic rings. The van der Waals surface area contributed by atoms with Crippen LogP contribution in [0.2, 0.25) is 0 Å². The summed E-state index contributed by atoms with van der Waals surface area (Å²) >= 11 is 0. The lowest BCUT2D eigenvalue weighted by Gasteiger charge is -2.33. The van der Waals surface area contributed by atoms with E-state index in [1.165, 1.54) is 7.11 Å². The Labute approximate surface area is 229 Å². The second-order valence-electron chi connectivity index (χ2n) is 10.0. The number of cyclic esters (lactones) is 1. The van der Waals surface area contributed by atoms with E-state index in [2.05, 4.69) is 10.3 Å². The van der Waals surface area contributed by atoms with Gasteiger partial charge in [0.1, 0.15) is 29.7 Å². The first kappa shape index (κ1) is 24.8. The number of hydrogen-bond acceptors (Lipinski definition) is 6. The van der Waals surface area contributed by atoms with Crippen LogP contribution in [0.15, 0.2) is 60.8 Å². The third-order valence-corrected chi connectivity index (χ3v) is 7.39. The minimum Gasteiger partial charge on any atom is -0.488 e. The van der Waals surface area contributed by atoms with Crippen molar-refractivity contribution >= 4 is 22.9 Å². The smallest absolute Gasteiger partial charge is 0.410 e. The van der Waals surface area contributed by atoms with Gasteiger partial charge in [-0.2, -0.15) is 0 Å². The quantitative estimate of drug-likeness (QED) is 0.335. The van der Waals surface area contributed by atoms with Gasteiger partial charge in [0.05, 0.1) is 13.2 Å². The van der Waals surface area contributed by atoms with E-state index in [0.29, 0.717) is 49.5 Å². The molecule has 9 heteroatoms. The van der Waals surface area contributed by atoms with E-state index >= 15 is 0 Å². The van der Waals surface area contributed by atoms with Gasteiger partial charge in [-0.25, -0.2) is 9.78 Å². The third-order valence-electron chi connectivity index (χ3n) is 7.39. The molecule has 0 bridgehead atoms. The number of amides is 2. The first-order valence-corrected chi connectivity index (χ1v) is 13.1. The van der Waals surface area contributed by atoms with Crippen molar-refractivity contribution in [2.75, 3.05) is 20.3 Å². The molecule has 2 saturated heterocycles. The van der Waals surface area contributed by atoms with Crippen molar-refractivity contribution in [1.82, 2.24) is 20.2 Å². The van der Waals surface area contributed by atoms with Crippen LogP contribution in [0.3, 0.4) is 0 Å². The van der Waals surface area contributed by atoms with Crippen LogP contribution in [0.5, 0.6) is 11.6 Å². The van der Waals surface area contributed by atoms with Crippen molar-refractivity contribution < 1.29 is 26.7 Å². The zero-order valence-electron chi connectivity index (χ0n) is 21.9. The molecule has 9 nitrogen and oxygen atoms in total. The van der Waals surface area contributed by atoms with E-state index in [1.807, 2.05) is 61.7 Å². The van der Waals surface area contributed by atoms with Gasteiger partial charge in [-0.3, -0.25) is 4.79 Å². The standard InChI is InChI=1S/C30H30N4O5.2H2/c1-18-3-5-19(6-4-18)16-32-28(35)24-15-26(39-23-10-12-34-22(14-23)17-38-30(34)36)27(33-29(24)37-2)21-7-8-25-20(13-21)9-11-31-25;;/h3-9,11,13,15,22-23,31H,10,12,14,16-17H2,1-2H3,(H,32,35);2*1H/t22-,23-;;/m0../s1. The Kier molecular flexibility index (Phi) is 6.56. The lowest BCUT2D eigenvalue weighted by molar-refractivity contribution is 0.0913. The molecule has 39 heavy (non-hydrogen) atoms. The average molecular weight is 531 g/mol. The number of piperidine rings is 1. The summed E-state index contributed by atoms with van der Waals surface area (Å²) in [6.07, 6.45) is 2.76. The first-order valence-electron chi connectivity index (χ1n) is 13.1. The van der Waals surface area contributed by atoms with E-state index in [-0.39, 0.29) is 32.9 Å². The molecule has 204 valence electrons. The highest BCUT2D eigenvalue weighted by Crippen LogP contribution is 2.37. The number of rotatable bonds is 7. The van der Waals surface area contributed by atoms with Gasteiger partial charge in [0.25, 0.3) is 5.91 Å². The number of fused-ring (bicyclic) bond motifs is 2. The highest BCUT2D eigenvalue weighted by atomic mass is 16.6. The van der Waals surface area contributed by atoms with Gasteiger partial charge < -0.3 is 29.4 Å². The van der Waals surface area contributed by atoms with Crippen LogP contribution < -0.4 is 14.8 Å². The fourth-order valence-electron chi connectivity index (χ4n) is 5.23. The van der Waals surface area contributed by atoms with Gasteiger partial charge in [-0.15, -0.1) is 0 Å². The maximum atomic E-state index is 13.3. The summed E-state index contributed by atoms with van der Waals surface area (Å²) in [6.45, 7) is 3.32. The average Bonchev–Trinajstić information content (AvgIpc) is 3.58. The number of H-pyrrole nitrogens is 1. The first-order chi connectivity index (χ1) is 19.0. The van der Waals surface area contributed by atoms with Crippen LogP contribution in [0.1, 0.15) is 37.2 Å². The highest BCUT2D eigenvalue weighted by Gasteiger charge is 2.39. The summed E-state index contributed by atoms with van der Waals surface area (Å²) in [5.41, 5.74) is 4.89. The molecule has 0 aliphatic carbocycles. The van der Waals surface area contributed by atoms with E-state index < -0.39 is 0 Å². The Hall–Kier alpha value is -4.53. The summed E-state index contributed by atoms with van der Waals surface area (Å²) in [7, 11) is 1.51. The van der Waals surface area contributed by atoms with Crippen LogP contribution >= 0.6 is 0 Å². The second kappa shape index (κ2) is 10.3. The Bertz CT molecular complexity index is 1540. The van der Waals surface area contributed by atoms with Crippen molar-refractivity contribution in [3.8, 4) is 22.9 Å². The monoisotopic (exact) mass is 530 g/mol. The van der Waals surface area contributed by atoms with Gasteiger partial charge in [0.2, 0.25) is 5.88 Å². The number of aromatic amines is 1. The normalized spacial score (nSPS) is 18.5. The van der Waals surface area contributed by atoms with E-state index in [1.54, 1.807) is 11.0 Å². The van der Waals surface area contributed by atoms with Crippen molar-refractivity contribution in [3.63, 3.8) is 0 Å². The topological polar surface area (TPSA) is 106 Å². The SMILES string of the molecule is COc1nc(-c2ccc3[nH]ccc3c2)c(O[C@H]2CCN3C(=O)OC[C@@H]3C2)cc1C(=O)NCc1ccc(C)cc1.[HH].[HH]. The highest BCUT2D eigenvalue weighted by molar-refractivity contribution is 5.97. The largest absolute Gasteiger partial charge is 0.488 e. The van der Waals surface area contributed by atoms with Gasteiger partial charge >= 0.3 is 6.09 Å². The maximum Gasteiger partial charge on any atom is 0.410 e. The second-order valence-corrected chi connectivity index (χ2v) is 10.0. The summed E-state index contributed by atoms with van der Waals surface area (Å²) in [4.78, 5) is 35.0. The molecule has 2 aromatic heterocycles. The number of benzene rings is 2. The molecule has 6 rings (SSSR count). The molecule has 0 saturated carbocycles. The summed E-state index contributed by atoms with van der Waals surface area (Å²) in [5.74, 6) is 0.411. The number of carbonyl (C=O) groups excluding carboxylic acids is 2. The van der Waals surface area contributed by atoms with Gasteiger partial charge in [-0.05, 0) is 30.7 Å². The third kappa shape index (κ3) is 4.99. The number of hydrogen-bond donors (Lipinski definition) is 2. The molecule has 2 amide bonds. The minimum absolute atomic E-state index is 0. The van der Waals surface area contributed by atoms with Crippen LogP contribution in [-0.4, -0.2) is 59.3 Å². The Morgan fingerprint density at radius 1 is 1.21 bits per heavy atom. The number of nitrogens with zero attached hydrogens (tertiary/aromatic N) is 2. The molecule has 2 atom stereocenters. The summed E-state index contributed by atoms with van der Waals surface area (Å²) in [6, 6.07) is 17.7. The van der Waals surface area contributed by atoms with Gasteiger partial charge in [0, 0.05) is 57.5 Å². The van der Waals surface area contributed by atoms with Crippen molar-refractivity contribution in [1.29, 1.82) is 0 Å². The molecule has 2 aliphatic heterocycles. The van der Waals surface area contributed by atoms with Crippen molar-refractivity contribution in [3.05, 3.63) is 77.5 Å². The summed E-state index contributed by atoms with van der Waals surface area (Å²) < 4.78 is 17.4. The molecule has 2 N–H and O–H groups in total. The number of aryl methyl sites for hydroxylation is 1.